The van der Waals surface area contributed by atoms with E-state index in [4.69, 9.17) is 17.3 Å². The van der Waals surface area contributed by atoms with Gasteiger partial charge >= 0.3 is 0 Å². The Morgan fingerprint density at radius 1 is 1.44 bits per heavy atom. The van der Waals surface area contributed by atoms with Gasteiger partial charge in [0.1, 0.15) is 0 Å². The molecule has 2 nitrogen and oxygen atoms in total. The van der Waals surface area contributed by atoms with E-state index in [1.165, 1.54) is 19.3 Å². The van der Waals surface area contributed by atoms with E-state index in [0.29, 0.717) is 11.3 Å². The van der Waals surface area contributed by atoms with Crippen LogP contribution in [0.25, 0.3) is 0 Å². The Bertz CT molecular complexity index is 370. The molecule has 0 saturated heterocycles. The van der Waals surface area contributed by atoms with Gasteiger partial charge in [0.05, 0.1) is 11.4 Å². The smallest absolute Gasteiger partial charge is 0.0591 e. The van der Waals surface area contributed by atoms with Gasteiger partial charge in [0, 0.05) is 16.3 Å². The zero-order chi connectivity index (χ0) is 11.5. The summed E-state index contributed by atoms with van der Waals surface area (Å²) >= 11 is 7.91. The van der Waals surface area contributed by atoms with Crippen LogP contribution < -0.4 is 11.1 Å². The third-order valence-electron chi connectivity index (χ3n) is 3.11. The SMILES string of the molecule is CSC1CCCC1Nc1cc(Cl)ccc1N. The summed E-state index contributed by atoms with van der Waals surface area (Å²) in [6.07, 6.45) is 5.98. The molecule has 0 bridgehead atoms. The number of anilines is 2. The van der Waals surface area contributed by atoms with Crippen molar-refractivity contribution >= 4 is 34.7 Å². The summed E-state index contributed by atoms with van der Waals surface area (Å²) in [6, 6.07) is 6.11. The van der Waals surface area contributed by atoms with E-state index >= 15 is 0 Å². The Labute approximate surface area is 106 Å². The van der Waals surface area contributed by atoms with Gasteiger partial charge in [-0.2, -0.15) is 11.8 Å². The molecular weight excluding hydrogens is 240 g/mol. The fourth-order valence-corrected chi connectivity index (χ4v) is 3.33. The van der Waals surface area contributed by atoms with E-state index in [1.807, 2.05) is 30.0 Å². The van der Waals surface area contributed by atoms with E-state index in [0.717, 1.165) is 16.4 Å². The highest BCUT2D eigenvalue weighted by molar-refractivity contribution is 7.99. The Morgan fingerprint density at radius 3 is 3.00 bits per heavy atom. The number of rotatable bonds is 3. The Balaban J connectivity index is 2.11. The van der Waals surface area contributed by atoms with Crippen LogP contribution in [0.4, 0.5) is 11.4 Å². The Hall–Kier alpha value is -0.540. The molecule has 1 saturated carbocycles. The molecule has 1 aromatic carbocycles. The second-order valence-electron chi connectivity index (χ2n) is 4.19. The first-order valence-electron chi connectivity index (χ1n) is 5.55. The lowest BCUT2D eigenvalue weighted by Gasteiger charge is -2.21. The van der Waals surface area contributed by atoms with E-state index in [9.17, 15) is 0 Å². The quantitative estimate of drug-likeness (QED) is 0.812. The number of nitrogens with two attached hydrogens (primary N) is 1. The molecule has 0 aliphatic heterocycles. The van der Waals surface area contributed by atoms with Crippen LogP contribution in [0.1, 0.15) is 19.3 Å². The number of nitrogen functional groups attached to an aromatic ring is 1. The van der Waals surface area contributed by atoms with Crippen LogP contribution in [0, 0.1) is 0 Å². The van der Waals surface area contributed by atoms with Crippen LogP contribution in [-0.2, 0) is 0 Å². The maximum atomic E-state index is 5.97. The van der Waals surface area contributed by atoms with E-state index < -0.39 is 0 Å². The second-order valence-corrected chi connectivity index (χ2v) is 5.70. The van der Waals surface area contributed by atoms with Crippen LogP contribution in [0.5, 0.6) is 0 Å². The summed E-state index contributed by atoms with van der Waals surface area (Å²) in [4.78, 5) is 0. The van der Waals surface area contributed by atoms with E-state index in [2.05, 4.69) is 11.6 Å². The monoisotopic (exact) mass is 256 g/mol. The van der Waals surface area contributed by atoms with Crippen molar-refractivity contribution in [3.63, 3.8) is 0 Å². The summed E-state index contributed by atoms with van der Waals surface area (Å²) in [5, 5.41) is 4.95. The first-order valence-corrected chi connectivity index (χ1v) is 7.21. The number of benzene rings is 1. The highest BCUT2D eigenvalue weighted by Crippen LogP contribution is 2.33. The van der Waals surface area contributed by atoms with Crippen molar-refractivity contribution in [2.24, 2.45) is 0 Å². The predicted molar refractivity (Wildman–Crippen MR) is 74.4 cm³/mol. The van der Waals surface area contributed by atoms with Gasteiger partial charge in [0.25, 0.3) is 0 Å². The molecular formula is C12H17ClN2S. The van der Waals surface area contributed by atoms with E-state index in [-0.39, 0.29) is 0 Å². The molecule has 0 radical (unpaired) electrons. The third-order valence-corrected chi connectivity index (χ3v) is 4.52. The van der Waals surface area contributed by atoms with Gasteiger partial charge in [-0.05, 0) is 37.3 Å². The molecule has 2 unspecified atom stereocenters. The minimum Gasteiger partial charge on any atom is -0.397 e. The molecule has 0 heterocycles. The largest absolute Gasteiger partial charge is 0.397 e. The minimum absolute atomic E-state index is 0.524. The number of thioether (sulfide) groups is 1. The lowest BCUT2D eigenvalue weighted by atomic mass is 10.2. The summed E-state index contributed by atoms with van der Waals surface area (Å²) in [5.41, 5.74) is 7.67. The van der Waals surface area contributed by atoms with Crippen LogP contribution in [-0.4, -0.2) is 17.5 Å². The molecule has 1 aliphatic carbocycles. The van der Waals surface area contributed by atoms with Crippen molar-refractivity contribution in [3.8, 4) is 0 Å². The molecule has 1 aliphatic rings. The Kier molecular flexibility index (Phi) is 3.87. The van der Waals surface area contributed by atoms with Crippen molar-refractivity contribution in [3.05, 3.63) is 23.2 Å². The molecule has 0 amide bonds. The molecule has 3 N–H and O–H groups in total. The molecule has 1 fully saturated rings. The molecule has 1 aromatic rings. The lowest BCUT2D eigenvalue weighted by molar-refractivity contribution is 0.769. The van der Waals surface area contributed by atoms with Crippen molar-refractivity contribution in [2.45, 2.75) is 30.6 Å². The summed E-state index contributed by atoms with van der Waals surface area (Å²) in [7, 11) is 0. The van der Waals surface area contributed by atoms with Gasteiger partial charge in [-0.1, -0.05) is 18.0 Å². The van der Waals surface area contributed by atoms with Crippen LogP contribution in [0.3, 0.4) is 0 Å². The molecule has 4 heteroatoms. The standard InChI is InChI=1S/C12H17ClN2S/c1-16-12-4-2-3-10(12)15-11-7-8(13)5-6-9(11)14/h5-7,10,12,15H,2-4,14H2,1H3. The van der Waals surface area contributed by atoms with Crippen molar-refractivity contribution in [2.75, 3.05) is 17.3 Å². The van der Waals surface area contributed by atoms with Crippen molar-refractivity contribution in [1.82, 2.24) is 0 Å². The second kappa shape index (κ2) is 5.19. The number of hydrogen-bond donors (Lipinski definition) is 2. The fourth-order valence-electron chi connectivity index (χ4n) is 2.23. The Morgan fingerprint density at radius 2 is 2.25 bits per heavy atom. The summed E-state index contributed by atoms with van der Waals surface area (Å²) < 4.78 is 0. The van der Waals surface area contributed by atoms with Gasteiger partial charge in [-0.25, -0.2) is 0 Å². The van der Waals surface area contributed by atoms with Gasteiger partial charge in [-0.15, -0.1) is 0 Å². The van der Waals surface area contributed by atoms with Gasteiger partial charge in [-0.3, -0.25) is 0 Å². The zero-order valence-electron chi connectivity index (χ0n) is 9.37. The van der Waals surface area contributed by atoms with Crippen molar-refractivity contribution in [1.29, 1.82) is 0 Å². The normalized spacial score (nSPS) is 24.6. The van der Waals surface area contributed by atoms with Crippen LogP contribution >= 0.6 is 23.4 Å². The third kappa shape index (κ3) is 2.58. The first kappa shape index (κ1) is 11.9. The number of hydrogen-bond acceptors (Lipinski definition) is 3. The van der Waals surface area contributed by atoms with Crippen LogP contribution in [0.2, 0.25) is 5.02 Å². The molecule has 88 valence electrons. The summed E-state index contributed by atoms with van der Waals surface area (Å²) in [6.45, 7) is 0. The number of nitrogens with one attached hydrogen (secondary N) is 1. The van der Waals surface area contributed by atoms with Gasteiger partial charge in [0.2, 0.25) is 0 Å². The maximum Gasteiger partial charge on any atom is 0.0591 e. The minimum atomic E-state index is 0.524. The summed E-state index contributed by atoms with van der Waals surface area (Å²) in [5.74, 6) is 0. The molecule has 0 aromatic heterocycles. The fraction of sp³-hybridized carbons (Fsp3) is 0.500. The lowest BCUT2D eigenvalue weighted by Crippen LogP contribution is -2.26. The van der Waals surface area contributed by atoms with Gasteiger partial charge < -0.3 is 11.1 Å². The van der Waals surface area contributed by atoms with Crippen molar-refractivity contribution < 1.29 is 0 Å². The molecule has 16 heavy (non-hydrogen) atoms. The zero-order valence-corrected chi connectivity index (χ0v) is 10.9. The van der Waals surface area contributed by atoms with Gasteiger partial charge in [0.15, 0.2) is 0 Å². The average molecular weight is 257 g/mol. The topological polar surface area (TPSA) is 38.0 Å². The predicted octanol–water partition coefficient (Wildman–Crippen LogP) is 3.62. The maximum absolute atomic E-state index is 5.97. The molecule has 2 rings (SSSR count). The highest BCUT2D eigenvalue weighted by atomic mass is 35.5. The number of halogens is 1. The first-order chi connectivity index (χ1) is 7.70. The average Bonchev–Trinajstić information content (AvgIpc) is 2.71. The highest BCUT2D eigenvalue weighted by Gasteiger charge is 2.26. The molecule has 0 spiro atoms. The molecule has 2 atom stereocenters. The van der Waals surface area contributed by atoms with E-state index in [1.54, 1.807) is 0 Å². The van der Waals surface area contributed by atoms with Crippen LogP contribution in [0.15, 0.2) is 18.2 Å².